The van der Waals surface area contributed by atoms with Crippen molar-refractivity contribution in [3.8, 4) is 0 Å². The number of rotatable bonds is 5. The number of aromatic nitrogens is 1. The molecular weight excluding hydrogens is 295 g/mol. The summed E-state index contributed by atoms with van der Waals surface area (Å²) >= 11 is 0. The topological polar surface area (TPSA) is 47.3 Å². The van der Waals surface area contributed by atoms with Crippen LogP contribution in [0.15, 0.2) is 40.8 Å². The van der Waals surface area contributed by atoms with Crippen molar-refractivity contribution < 1.29 is 13.5 Å². The van der Waals surface area contributed by atoms with E-state index in [0.717, 1.165) is 33.8 Å². The van der Waals surface area contributed by atoms with Crippen molar-refractivity contribution in [1.82, 2.24) is 4.98 Å². The van der Waals surface area contributed by atoms with E-state index in [2.05, 4.69) is 10.3 Å². The van der Waals surface area contributed by atoms with Crippen molar-refractivity contribution in [2.45, 2.75) is 19.9 Å². The van der Waals surface area contributed by atoms with Gasteiger partial charge >= 0.3 is 0 Å². The van der Waals surface area contributed by atoms with Gasteiger partial charge in [-0.2, -0.15) is 0 Å². The van der Waals surface area contributed by atoms with Gasteiger partial charge in [0.1, 0.15) is 23.4 Å². The maximum atomic E-state index is 13.6. The molecule has 0 aliphatic rings. The molecule has 1 aromatic carbocycles. The molecule has 2 heterocycles. The number of nitrogens with zero attached hydrogens (tertiary/aromatic N) is 1. The molecule has 23 heavy (non-hydrogen) atoms. The van der Waals surface area contributed by atoms with E-state index in [9.17, 15) is 4.39 Å². The summed E-state index contributed by atoms with van der Waals surface area (Å²) in [6.07, 6.45) is 0. The minimum Gasteiger partial charge on any atom is -0.464 e. The minimum atomic E-state index is -0.289. The van der Waals surface area contributed by atoms with Crippen molar-refractivity contribution in [1.29, 1.82) is 0 Å². The zero-order chi connectivity index (χ0) is 16.4. The zero-order valence-electron chi connectivity index (χ0n) is 13.4. The number of furan rings is 1. The largest absolute Gasteiger partial charge is 0.464 e. The molecule has 0 fully saturated rings. The molecule has 1 unspecified atom stereocenters. The fraction of sp³-hybridized carbons (Fsp3) is 0.278. The summed E-state index contributed by atoms with van der Waals surface area (Å²) in [6, 6.07) is 10.2. The average Bonchev–Trinajstić information content (AvgIpc) is 2.94. The Balaban J connectivity index is 2.02. The Hall–Kier alpha value is -2.40. The number of aryl methyl sites for hydroxylation is 2. The number of hydrogen-bond acceptors (Lipinski definition) is 4. The van der Waals surface area contributed by atoms with Gasteiger partial charge in [-0.3, -0.25) is 4.98 Å². The van der Waals surface area contributed by atoms with Crippen LogP contribution < -0.4 is 5.32 Å². The van der Waals surface area contributed by atoms with Crippen LogP contribution in [-0.2, 0) is 4.74 Å². The fourth-order valence-electron chi connectivity index (χ4n) is 2.64. The second kappa shape index (κ2) is 6.38. The Morgan fingerprint density at radius 3 is 2.74 bits per heavy atom. The van der Waals surface area contributed by atoms with Crippen LogP contribution in [0.4, 0.5) is 10.1 Å². The molecule has 1 N–H and O–H groups in total. The molecule has 0 spiro atoms. The predicted octanol–water partition coefficient (Wildman–Crippen LogP) is 4.38. The van der Waals surface area contributed by atoms with Gasteiger partial charge in [0.25, 0.3) is 0 Å². The lowest BCUT2D eigenvalue weighted by molar-refractivity contribution is 0.178. The molecule has 0 radical (unpaired) electrons. The van der Waals surface area contributed by atoms with E-state index in [1.165, 1.54) is 12.1 Å². The molecule has 2 aromatic heterocycles. The molecule has 120 valence electrons. The first-order valence-electron chi connectivity index (χ1n) is 7.45. The summed E-state index contributed by atoms with van der Waals surface area (Å²) in [5.74, 6) is 1.33. The van der Waals surface area contributed by atoms with Crippen LogP contribution in [0.5, 0.6) is 0 Å². The number of fused-ring (bicyclic) bond motifs is 1. The van der Waals surface area contributed by atoms with Gasteiger partial charge in [0.05, 0.1) is 12.1 Å². The molecule has 0 aliphatic heterocycles. The number of ether oxygens (including phenoxy) is 1. The van der Waals surface area contributed by atoms with Crippen molar-refractivity contribution in [2.75, 3.05) is 19.0 Å². The summed E-state index contributed by atoms with van der Waals surface area (Å²) in [5, 5.41) is 4.13. The smallest absolute Gasteiger partial charge is 0.128 e. The monoisotopic (exact) mass is 314 g/mol. The van der Waals surface area contributed by atoms with Crippen LogP contribution >= 0.6 is 0 Å². The predicted molar refractivity (Wildman–Crippen MR) is 88.1 cm³/mol. The molecule has 0 amide bonds. The summed E-state index contributed by atoms with van der Waals surface area (Å²) in [4.78, 5) is 4.45. The van der Waals surface area contributed by atoms with Gasteiger partial charge in [-0.15, -0.1) is 0 Å². The molecule has 4 nitrogen and oxygen atoms in total. The Labute approximate surface area is 134 Å². The standard InChI is InChI=1S/C18H19FN2O2/c1-11-8-16(14-9-13(19)5-6-15(14)20-11)21-17(10-22-3)18-7-4-12(2)23-18/h4-9,17H,10H2,1-3H3,(H,20,21). The highest BCUT2D eigenvalue weighted by Gasteiger charge is 2.17. The van der Waals surface area contributed by atoms with Gasteiger partial charge in [-0.05, 0) is 50.2 Å². The van der Waals surface area contributed by atoms with E-state index in [-0.39, 0.29) is 11.9 Å². The first kappa shape index (κ1) is 15.5. The van der Waals surface area contributed by atoms with Gasteiger partial charge in [0.2, 0.25) is 0 Å². The Morgan fingerprint density at radius 2 is 2.04 bits per heavy atom. The Morgan fingerprint density at radius 1 is 1.22 bits per heavy atom. The van der Waals surface area contributed by atoms with E-state index in [0.29, 0.717) is 6.61 Å². The van der Waals surface area contributed by atoms with Crippen LogP contribution in [0, 0.1) is 19.7 Å². The molecule has 0 bridgehead atoms. The highest BCUT2D eigenvalue weighted by atomic mass is 19.1. The van der Waals surface area contributed by atoms with Crippen LogP contribution in [0.2, 0.25) is 0 Å². The minimum absolute atomic E-state index is 0.165. The highest BCUT2D eigenvalue weighted by molar-refractivity contribution is 5.91. The van der Waals surface area contributed by atoms with Crippen LogP contribution in [0.25, 0.3) is 10.9 Å². The van der Waals surface area contributed by atoms with Gasteiger partial charge in [-0.25, -0.2) is 4.39 Å². The number of hydrogen-bond donors (Lipinski definition) is 1. The van der Waals surface area contributed by atoms with Crippen molar-refractivity contribution in [3.05, 3.63) is 59.4 Å². The third-order valence-corrected chi connectivity index (χ3v) is 3.67. The lowest BCUT2D eigenvalue weighted by Crippen LogP contribution is -2.16. The molecule has 5 heteroatoms. The maximum Gasteiger partial charge on any atom is 0.128 e. The number of methoxy groups -OCH3 is 1. The van der Waals surface area contributed by atoms with E-state index in [1.807, 2.05) is 32.0 Å². The van der Waals surface area contributed by atoms with Gasteiger partial charge < -0.3 is 14.5 Å². The molecule has 3 aromatic rings. The highest BCUT2D eigenvalue weighted by Crippen LogP contribution is 2.28. The van der Waals surface area contributed by atoms with E-state index >= 15 is 0 Å². The van der Waals surface area contributed by atoms with Crippen molar-refractivity contribution >= 4 is 16.6 Å². The quantitative estimate of drug-likeness (QED) is 0.759. The number of anilines is 1. The Bertz CT molecular complexity index is 829. The number of pyridine rings is 1. The van der Waals surface area contributed by atoms with Gasteiger partial charge in [-0.1, -0.05) is 0 Å². The summed E-state index contributed by atoms with van der Waals surface area (Å²) in [5.41, 5.74) is 2.42. The molecule has 1 atom stereocenters. The zero-order valence-corrected chi connectivity index (χ0v) is 13.4. The third-order valence-electron chi connectivity index (χ3n) is 3.67. The van der Waals surface area contributed by atoms with E-state index < -0.39 is 0 Å². The van der Waals surface area contributed by atoms with Crippen LogP contribution in [-0.4, -0.2) is 18.7 Å². The van der Waals surface area contributed by atoms with Crippen LogP contribution in [0.1, 0.15) is 23.3 Å². The fourth-order valence-corrected chi connectivity index (χ4v) is 2.64. The lowest BCUT2D eigenvalue weighted by atomic mass is 10.1. The van der Waals surface area contributed by atoms with Crippen molar-refractivity contribution in [3.63, 3.8) is 0 Å². The molecule has 0 saturated heterocycles. The Kier molecular flexibility index (Phi) is 4.30. The second-order valence-electron chi connectivity index (χ2n) is 5.57. The average molecular weight is 314 g/mol. The number of nitrogens with one attached hydrogen (secondary N) is 1. The number of benzene rings is 1. The first-order chi connectivity index (χ1) is 11.1. The molecule has 0 aliphatic carbocycles. The van der Waals surface area contributed by atoms with Crippen molar-refractivity contribution in [2.24, 2.45) is 0 Å². The second-order valence-corrected chi connectivity index (χ2v) is 5.57. The van der Waals surface area contributed by atoms with Gasteiger partial charge in [0.15, 0.2) is 0 Å². The summed E-state index contributed by atoms with van der Waals surface area (Å²) < 4.78 is 24.6. The summed E-state index contributed by atoms with van der Waals surface area (Å²) in [7, 11) is 1.64. The van der Waals surface area contributed by atoms with E-state index in [4.69, 9.17) is 9.15 Å². The first-order valence-corrected chi connectivity index (χ1v) is 7.45. The molecule has 0 saturated carbocycles. The van der Waals surface area contributed by atoms with Gasteiger partial charge in [0, 0.05) is 23.9 Å². The SMILES string of the molecule is COCC(Nc1cc(C)nc2ccc(F)cc12)c1ccc(C)o1. The molecule has 3 rings (SSSR count). The van der Waals surface area contributed by atoms with E-state index in [1.54, 1.807) is 13.2 Å². The lowest BCUT2D eigenvalue weighted by Gasteiger charge is -2.19. The number of halogens is 1. The third kappa shape index (κ3) is 3.35. The summed E-state index contributed by atoms with van der Waals surface area (Å²) in [6.45, 7) is 4.25. The normalized spacial score (nSPS) is 12.5. The van der Waals surface area contributed by atoms with Crippen LogP contribution in [0.3, 0.4) is 0 Å². The maximum absolute atomic E-state index is 13.6. The molecular formula is C18H19FN2O2.